The Hall–Kier alpha value is -3.54. The molecule has 27 heavy (non-hydrogen) atoms. The minimum absolute atomic E-state index is 0.184. The van der Waals surface area contributed by atoms with E-state index < -0.39 is 0 Å². The van der Waals surface area contributed by atoms with Crippen molar-refractivity contribution >= 4 is 17.1 Å². The largest absolute Gasteiger partial charge is 0.348 e. The van der Waals surface area contributed by atoms with Gasteiger partial charge in [-0.05, 0) is 54.4 Å². The number of carbonyl (C=O) groups is 1. The Bertz CT molecular complexity index is 1120. The standard InChI is InChI=1S/C21H17FN4O/c1-14-17(21(27)24-12-15-7-9-16(22)10-8-15)4-2-6-19(14)26-13-25-18-5-3-11-23-20(18)26/h2-11,13H,12H2,1H3,(H,24,27). The minimum atomic E-state index is -0.296. The van der Waals surface area contributed by atoms with Crippen molar-refractivity contribution in [3.8, 4) is 5.69 Å². The Balaban J connectivity index is 1.61. The van der Waals surface area contributed by atoms with Gasteiger partial charge in [0.05, 0.1) is 5.69 Å². The zero-order valence-corrected chi connectivity index (χ0v) is 14.7. The van der Waals surface area contributed by atoms with E-state index in [-0.39, 0.29) is 11.7 Å². The minimum Gasteiger partial charge on any atom is -0.348 e. The molecule has 0 spiro atoms. The highest BCUT2D eigenvalue weighted by Gasteiger charge is 2.14. The normalized spacial score (nSPS) is 10.9. The van der Waals surface area contributed by atoms with E-state index in [9.17, 15) is 9.18 Å². The molecule has 0 unspecified atom stereocenters. The number of hydrogen-bond acceptors (Lipinski definition) is 3. The molecule has 2 aromatic heterocycles. The summed E-state index contributed by atoms with van der Waals surface area (Å²) in [5.74, 6) is -0.481. The van der Waals surface area contributed by atoms with E-state index in [1.807, 2.05) is 35.8 Å². The number of halogens is 1. The number of pyridine rings is 1. The Morgan fingerprint density at radius 3 is 2.70 bits per heavy atom. The van der Waals surface area contributed by atoms with Gasteiger partial charge in [-0.2, -0.15) is 0 Å². The maximum atomic E-state index is 13.0. The highest BCUT2D eigenvalue weighted by atomic mass is 19.1. The first-order valence-corrected chi connectivity index (χ1v) is 8.54. The van der Waals surface area contributed by atoms with Crippen LogP contribution in [0, 0.1) is 12.7 Å². The average molecular weight is 360 g/mol. The zero-order chi connectivity index (χ0) is 18.8. The van der Waals surface area contributed by atoms with Gasteiger partial charge in [-0.1, -0.05) is 18.2 Å². The zero-order valence-electron chi connectivity index (χ0n) is 14.7. The van der Waals surface area contributed by atoms with Crippen molar-refractivity contribution in [3.63, 3.8) is 0 Å². The van der Waals surface area contributed by atoms with Crippen molar-refractivity contribution in [2.24, 2.45) is 0 Å². The van der Waals surface area contributed by atoms with Crippen molar-refractivity contribution in [1.29, 1.82) is 0 Å². The lowest BCUT2D eigenvalue weighted by Gasteiger charge is -2.13. The number of nitrogens with zero attached hydrogens (tertiary/aromatic N) is 3. The second-order valence-corrected chi connectivity index (χ2v) is 6.22. The van der Waals surface area contributed by atoms with Gasteiger partial charge in [-0.25, -0.2) is 14.4 Å². The summed E-state index contributed by atoms with van der Waals surface area (Å²) in [7, 11) is 0. The molecule has 0 radical (unpaired) electrons. The Morgan fingerprint density at radius 2 is 1.89 bits per heavy atom. The first-order valence-electron chi connectivity index (χ1n) is 8.54. The van der Waals surface area contributed by atoms with Crippen LogP contribution >= 0.6 is 0 Å². The van der Waals surface area contributed by atoms with E-state index in [1.54, 1.807) is 30.7 Å². The molecule has 0 saturated heterocycles. The van der Waals surface area contributed by atoms with Crippen LogP contribution in [0.3, 0.4) is 0 Å². The topological polar surface area (TPSA) is 59.8 Å². The van der Waals surface area contributed by atoms with Crippen molar-refractivity contribution in [1.82, 2.24) is 19.9 Å². The number of imidazole rings is 1. The van der Waals surface area contributed by atoms with Crippen molar-refractivity contribution in [2.45, 2.75) is 13.5 Å². The van der Waals surface area contributed by atoms with Crippen LogP contribution in [0.4, 0.5) is 4.39 Å². The Morgan fingerprint density at radius 1 is 1.07 bits per heavy atom. The van der Waals surface area contributed by atoms with E-state index in [0.29, 0.717) is 12.1 Å². The molecule has 0 aliphatic rings. The summed E-state index contributed by atoms with van der Waals surface area (Å²) in [5, 5.41) is 2.88. The van der Waals surface area contributed by atoms with Gasteiger partial charge in [0.15, 0.2) is 5.65 Å². The van der Waals surface area contributed by atoms with Crippen LogP contribution in [-0.4, -0.2) is 20.4 Å². The number of fused-ring (bicyclic) bond motifs is 1. The van der Waals surface area contributed by atoms with E-state index >= 15 is 0 Å². The average Bonchev–Trinajstić information content (AvgIpc) is 3.11. The number of nitrogens with one attached hydrogen (secondary N) is 1. The van der Waals surface area contributed by atoms with Crippen LogP contribution in [0.15, 0.2) is 67.1 Å². The van der Waals surface area contributed by atoms with E-state index in [2.05, 4.69) is 15.3 Å². The van der Waals surface area contributed by atoms with E-state index in [1.165, 1.54) is 12.1 Å². The fourth-order valence-corrected chi connectivity index (χ4v) is 3.04. The second kappa shape index (κ2) is 6.99. The van der Waals surface area contributed by atoms with Gasteiger partial charge >= 0.3 is 0 Å². The van der Waals surface area contributed by atoms with E-state index in [4.69, 9.17) is 0 Å². The molecule has 0 bridgehead atoms. The first kappa shape index (κ1) is 16.9. The molecule has 0 aliphatic heterocycles. The number of amides is 1. The summed E-state index contributed by atoms with van der Waals surface area (Å²) in [4.78, 5) is 21.4. The van der Waals surface area contributed by atoms with E-state index in [0.717, 1.165) is 28.0 Å². The maximum Gasteiger partial charge on any atom is 0.251 e. The number of aromatic nitrogens is 3. The second-order valence-electron chi connectivity index (χ2n) is 6.22. The summed E-state index contributed by atoms with van der Waals surface area (Å²) in [6, 6.07) is 15.4. The van der Waals surface area contributed by atoms with Crippen LogP contribution in [0.1, 0.15) is 21.5 Å². The van der Waals surface area contributed by atoms with Gasteiger partial charge in [-0.3, -0.25) is 9.36 Å². The Kier molecular flexibility index (Phi) is 4.38. The van der Waals surface area contributed by atoms with Crippen molar-refractivity contribution in [2.75, 3.05) is 0 Å². The van der Waals surface area contributed by atoms with Crippen LogP contribution in [0.25, 0.3) is 16.9 Å². The predicted molar refractivity (Wildman–Crippen MR) is 101 cm³/mol. The van der Waals surface area contributed by atoms with Crippen LogP contribution in [0.2, 0.25) is 0 Å². The molecular weight excluding hydrogens is 343 g/mol. The van der Waals surface area contributed by atoms with Crippen molar-refractivity contribution < 1.29 is 9.18 Å². The molecule has 0 aliphatic carbocycles. The first-order chi connectivity index (χ1) is 13.1. The van der Waals surface area contributed by atoms with Gasteiger partial charge < -0.3 is 5.32 Å². The SMILES string of the molecule is Cc1c(C(=O)NCc2ccc(F)cc2)cccc1-n1cnc2cccnc21. The molecule has 134 valence electrons. The molecule has 0 fully saturated rings. The smallest absolute Gasteiger partial charge is 0.251 e. The number of benzene rings is 2. The fraction of sp³-hybridized carbons (Fsp3) is 0.0952. The molecule has 0 atom stereocenters. The maximum absolute atomic E-state index is 13.0. The molecule has 2 heterocycles. The fourth-order valence-electron chi connectivity index (χ4n) is 3.04. The number of carbonyl (C=O) groups excluding carboxylic acids is 1. The molecule has 5 nitrogen and oxygen atoms in total. The van der Waals surface area contributed by atoms with Crippen LogP contribution < -0.4 is 5.32 Å². The summed E-state index contributed by atoms with van der Waals surface area (Å²) < 4.78 is 14.9. The monoisotopic (exact) mass is 360 g/mol. The Labute approximate surface area is 155 Å². The highest BCUT2D eigenvalue weighted by Crippen LogP contribution is 2.22. The molecule has 2 aromatic carbocycles. The molecule has 4 rings (SSSR count). The van der Waals surface area contributed by atoms with Crippen molar-refractivity contribution in [3.05, 3.63) is 89.6 Å². The van der Waals surface area contributed by atoms with Gasteiger partial charge in [-0.15, -0.1) is 0 Å². The quantitative estimate of drug-likeness (QED) is 0.602. The molecular formula is C21H17FN4O. The number of rotatable bonds is 4. The van der Waals surface area contributed by atoms with Gasteiger partial charge in [0, 0.05) is 18.3 Å². The summed E-state index contributed by atoms with van der Waals surface area (Å²) >= 11 is 0. The molecule has 0 saturated carbocycles. The lowest BCUT2D eigenvalue weighted by molar-refractivity contribution is 0.0950. The predicted octanol–water partition coefficient (Wildman–Crippen LogP) is 3.80. The van der Waals surface area contributed by atoms with Crippen LogP contribution in [0.5, 0.6) is 0 Å². The molecule has 6 heteroatoms. The molecule has 1 N–H and O–H groups in total. The summed E-state index contributed by atoms with van der Waals surface area (Å²) in [6.07, 6.45) is 3.43. The molecule has 4 aromatic rings. The third-order valence-corrected chi connectivity index (χ3v) is 4.48. The van der Waals surface area contributed by atoms with Gasteiger partial charge in [0.2, 0.25) is 0 Å². The highest BCUT2D eigenvalue weighted by molar-refractivity contribution is 5.96. The third-order valence-electron chi connectivity index (χ3n) is 4.48. The van der Waals surface area contributed by atoms with Crippen LogP contribution in [-0.2, 0) is 6.54 Å². The summed E-state index contributed by atoms with van der Waals surface area (Å²) in [6.45, 7) is 2.23. The molecule has 1 amide bonds. The van der Waals surface area contributed by atoms with Gasteiger partial charge in [0.25, 0.3) is 5.91 Å². The lowest BCUT2D eigenvalue weighted by Crippen LogP contribution is -2.24. The van der Waals surface area contributed by atoms with Gasteiger partial charge in [0.1, 0.15) is 17.7 Å². The lowest BCUT2D eigenvalue weighted by atomic mass is 10.1. The third kappa shape index (κ3) is 3.29. The summed E-state index contributed by atoms with van der Waals surface area (Å²) in [5.41, 5.74) is 4.63. The number of hydrogen-bond donors (Lipinski definition) is 1.